The predicted octanol–water partition coefficient (Wildman–Crippen LogP) is 2.66. The van der Waals surface area contributed by atoms with Crippen molar-refractivity contribution in [1.82, 2.24) is 34.9 Å². The quantitative estimate of drug-likeness (QED) is 0.319. The van der Waals surface area contributed by atoms with Crippen LogP contribution in [-0.2, 0) is 22.4 Å². The number of benzene rings is 2. The number of hydrogen-bond acceptors (Lipinski definition) is 7. The van der Waals surface area contributed by atoms with Crippen LogP contribution < -0.4 is 16.3 Å². The van der Waals surface area contributed by atoms with E-state index in [1.54, 1.807) is 4.90 Å². The Morgan fingerprint density at radius 3 is 2.35 bits per heavy atom. The molecule has 3 aromatic rings. The SMILES string of the molecule is Cc1cc(CC(OC(=O)N2CCC(N3CCc4ccccc4NC3=O)CC2)C(=O)N2CCC(N3CCNCC3)CC2)cc2[nH]c(=O)[nH]c12. The molecule has 0 bridgehead atoms. The van der Waals surface area contributed by atoms with Gasteiger partial charge in [-0.25, -0.2) is 14.4 Å². The molecule has 1 aromatic heterocycles. The largest absolute Gasteiger partial charge is 0.436 e. The maximum atomic E-state index is 14.1. The van der Waals surface area contributed by atoms with Crippen molar-refractivity contribution >= 4 is 34.8 Å². The third-order valence-electron chi connectivity index (χ3n) is 10.6. The van der Waals surface area contributed by atoms with Crippen molar-refractivity contribution in [3.63, 3.8) is 0 Å². The topological polar surface area (TPSA) is 146 Å². The Labute approximate surface area is 280 Å². The van der Waals surface area contributed by atoms with Crippen LogP contribution in [-0.4, -0.2) is 125 Å². The summed E-state index contributed by atoms with van der Waals surface area (Å²) in [7, 11) is 0. The summed E-state index contributed by atoms with van der Waals surface area (Å²) in [5.74, 6) is -0.182. The van der Waals surface area contributed by atoms with Gasteiger partial charge in [-0.05, 0) is 67.9 Å². The van der Waals surface area contributed by atoms with Gasteiger partial charge < -0.3 is 40.0 Å². The number of amides is 4. The number of anilines is 1. The molecular formula is C35H46N8O5. The third-order valence-corrected chi connectivity index (χ3v) is 10.6. The number of aromatic amines is 2. The van der Waals surface area contributed by atoms with Crippen LogP contribution >= 0.6 is 0 Å². The summed E-state index contributed by atoms with van der Waals surface area (Å²) in [4.78, 5) is 66.3. The van der Waals surface area contributed by atoms with Crippen molar-refractivity contribution in [1.29, 1.82) is 0 Å². The van der Waals surface area contributed by atoms with Gasteiger partial charge in [0, 0.05) is 83.1 Å². The average molecular weight is 659 g/mol. The van der Waals surface area contributed by atoms with Gasteiger partial charge in [0.05, 0.1) is 11.0 Å². The fourth-order valence-electron chi connectivity index (χ4n) is 7.90. The molecule has 256 valence electrons. The van der Waals surface area contributed by atoms with E-state index in [-0.39, 0.29) is 30.1 Å². The second-order valence-electron chi connectivity index (χ2n) is 13.6. The Balaban J connectivity index is 1.01. The fourth-order valence-corrected chi connectivity index (χ4v) is 7.90. The van der Waals surface area contributed by atoms with Gasteiger partial charge in [-0.2, -0.15) is 0 Å². The Bertz CT molecular complexity index is 1700. The summed E-state index contributed by atoms with van der Waals surface area (Å²) < 4.78 is 6.08. The second-order valence-corrected chi connectivity index (χ2v) is 13.6. The number of H-pyrrole nitrogens is 2. The molecule has 0 aliphatic carbocycles. The minimum Gasteiger partial charge on any atom is -0.436 e. The summed E-state index contributed by atoms with van der Waals surface area (Å²) >= 11 is 0. The van der Waals surface area contributed by atoms with E-state index in [9.17, 15) is 19.2 Å². The zero-order valence-electron chi connectivity index (χ0n) is 27.6. The molecule has 4 aliphatic rings. The van der Waals surface area contributed by atoms with Crippen molar-refractivity contribution < 1.29 is 19.1 Å². The van der Waals surface area contributed by atoms with Gasteiger partial charge in [-0.15, -0.1) is 0 Å². The molecular weight excluding hydrogens is 612 g/mol. The first kappa shape index (κ1) is 32.2. The van der Waals surface area contributed by atoms with Crippen LogP contribution in [0.25, 0.3) is 11.0 Å². The Hall–Kier alpha value is -4.36. The van der Waals surface area contributed by atoms with E-state index in [0.717, 1.165) is 73.3 Å². The van der Waals surface area contributed by atoms with E-state index in [4.69, 9.17) is 4.74 Å². The molecule has 1 atom stereocenters. The first-order valence-electron chi connectivity index (χ1n) is 17.4. The number of carbonyl (C=O) groups excluding carboxylic acids is 3. The van der Waals surface area contributed by atoms with Crippen molar-refractivity contribution in [2.45, 2.75) is 63.6 Å². The monoisotopic (exact) mass is 658 g/mol. The van der Waals surface area contributed by atoms with Crippen LogP contribution in [0.3, 0.4) is 0 Å². The van der Waals surface area contributed by atoms with Crippen LogP contribution in [0, 0.1) is 6.92 Å². The van der Waals surface area contributed by atoms with E-state index < -0.39 is 12.2 Å². The lowest BCUT2D eigenvalue weighted by Gasteiger charge is -2.41. The van der Waals surface area contributed by atoms with E-state index in [2.05, 4.69) is 25.5 Å². The molecule has 13 nitrogen and oxygen atoms in total. The maximum absolute atomic E-state index is 14.1. The van der Waals surface area contributed by atoms with E-state index in [1.165, 1.54) is 0 Å². The van der Waals surface area contributed by atoms with Gasteiger partial charge in [-0.1, -0.05) is 24.3 Å². The number of rotatable bonds is 6. The highest BCUT2D eigenvalue weighted by Crippen LogP contribution is 2.26. The molecule has 4 amide bonds. The van der Waals surface area contributed by atoms with E-state index in [0.29, 0.717) is 57.1 Å². The highest BCUT2D eigenvalue weighted by Gasteiger charge is 2.36. The van der Waals surface area contributed by atoms with E-state index in [1.807, 2.05) is 53.1 Å². The first-order chi connectivity index (χ1) is 23.3. The number of urea groups is 1. The lowest BCUT2D eigenvalue weighted by atomic mass is 9.99. The highest BCUT2D eigenvalue weighted by molar-refractivity contribution is 5.91. The minimum absolute atomic E-state index is 0.0102. The van der Waals surface area contributed by atoms with Crippen LogP contribution in [0.4, 0.5) is 15.3 Å². The van der Waals surface area contributed by atoms with Gasteiger partial charge in [0.25, 0.3) is 5.91 Å². The molecule has 4 aliphatic heterocycles. The maximum Gasteiger partial charge on any atom is 0.410 e. The zero-order valence-corrected chi connectivity index (χ0v) is 27.6. The summed E-state index contributed by atoms with van der Waals surface area (Å²) in [5, 5.41) is 6.45. The number of aromatic nitrogens is 2. The minimum atomic E-state index is -0.997. The molecule has 0 spiro atoms. The third kappa shape index (κ3) is 6.93. The zero-order chi connectivity index (χ0) is 33.2. The molecule has 0 saturated carbocycles. The van der Waals surface area contributed by atoms with Gasteiger partial charge in [-0.3, -0.25) is 9.69 Å². The molecule has 2 aromatic carbocycles. The molecule has 3 saturated heterocycles. The second kappa shape index (κ2) is 14.0. The molecule has 0 radical (unpaired) electrons. The van der Waals surface area contributed by atoms with Crippen molar-refractivity contribution in [2.75, 3.05) is 64.2 Å². The number of nitrogens with one attached hydrogen (secondary N) is 4. The van der Waals surface area contributed by atoms with Gasteiger partial charge >= 0.3 is 17.8 Å². The lowest BCUT2D eigenvalue weighted by Crippen LogP contribution is -2.54. The van der Waals surface area contributed by atoms with E-state index >= 15 is 0 Å². The Morgan fingerprint density at radius 2 is 1.58 bits per heavy atom. The predicted molar refractivity (Wildman–Crippen MR) is 182 cm³/mol. The number of likely N-dealkylation sites (tertiary alicyclic amines) is 2. The molecule has 7 rings (SSSR count). The van der Waals surface area contributed by atoms with Crippen molar-refractivity contribution in [3.8, 4) is 0 Å². The van der Waals surface area contributed by atoms with Crippen LogP contribution in [0.15, 0.2) is 41.2 Å². The number of carbonyl (C=O) groups is 3. The first-order valence-corrected chi connectivity index (χ1v) is 17.4. The summed E-state index contributed by atoms with van der Waals surface area (Å²) in [5.41, 5.74) is 4.75. The Morgan fingerprint density at radius 1 is 0.875 bits per heavy atom. The number of piperidine rings is 2. The average Bonchev–Trinajstić information content (AvgIpc) is 3.40. The fraction of sp³-hybridized carbons (Fsp3) is 0.543. The molecule has 5 heterocycles. The number of aryl methyl sites for hydroxylation is 1. The van der Waals surface area contributed by atoms with Crippen molar-refractivity contribution in [3.05, 3.63) is 63.6 Å². The van der Waals surface area contributed by atoms with Gasteiger partial charge in [0.2, 0.25) is 0 Å². The van der Waals surface area contributed by atoms with Crippen LogP contribution in [0.2, 0.25) is 0 Å². The summed E-state index contributed by atoms with van der Waals surface area (Å²) in [6, 6.07) is 12.0. The Kier molecular flexibility index (Phi) is 9.40. The van der Waals surface area contributed by atoms with Crippen molar-refractivity contribution in [2.24, 2.45) is 0 Å². The number of fused-ring (bicyclic) bond motifs is 2. The molecule has 48 heavy (non-hydrogen) atoms. The molecule has 3 fully saturated rings. The highest BCUT2D eigenvalue weighted by atomic mass is 16.6. The summed E-state index contributed by atoms with van der Waals surface area (Å²) in [6.45, 7) is 8.68. The van der Waals surface area contributed by atoms with Gasteiger partial charge in [0.1, 0.15) is 0 Å². The lowest BCUT2D eigenvalue weighted by molar-refractivity contribution is -0.142. The molecule has 1 unspecified atom stereocenters. The number of piperazine rings is 1. The van der Waals surface area contributed by atoms with Crippen LogP contribution in [0.5, 0.6) is 0 Å². The number of nitrogens with zero attached hydrogens (tertiary/aromatic N) is 4. The normalized spacial score (nSPS) is 20.7. The summed E-state index contributed by atoms with van der Waals surface area (Å²) in [6.07, 6.45) is 2.52. The molecule has 13 heteroatoms. The van der Waals surface area contributed by atoms with Crippen LogP contribution in [0.1, 0.15) is 42.4 Å². The standard InChI is InChI=1S/C35H46N8O5/c1-23-20-24(21-29-31(23)39-33(45)37-29)22-30(32(44)41-13-7-26(8-14-41)40-18-11-36-12-19-40)48-35(47)42-15-9-27(10-16-42)43-17-6-25-4-2-3-5-28(25)38-34(43)46/h2-5,20-21,26-27,30,36H,6-19,22H2,1H3,(H,38,46)(H2,37,39,45). The smallest absolute Gasteiger partial charge is 0.410 e. The number of ether oxygens (including phenoxy) is 1. The molecule has 4 N–H and O–H groups in total. The van der Waals surface area contributed by atoms with Gasteiger partial charge in [0.15, 0.2) is 6.10 Å². The number of hydrogen-bond donors (Lipinski definition) is 4. The number of para-hydroxylation sites is 1. The number of imidazole rings is 1.